The summed E-state index contributed by atoms with van der Waals surface area (Å²) in [4.78, 5) is 47.9. The highest BCUT2D eigenvalue weighted by Gasteiger charge is 2.20. The topological polar surface area (TPSA) is 106 Å². The third-order valence-electron chi connectivity index (χ3n) is 4.25. The van der Waals surface area contributed by atoms with Gasteiger partial charge in [0.2, 0.25) is 0 Å². The predicted molar refractivity (Wildman–Crippen MR) is 105 cm³/mol. The van der Waals surface area contributed by atoms with Gasteiger partial charge in [0, 0.05) is 24.9 Å². The molecular weight excluding hydrogens is 423 g/mol. The largest absolute Gasteiger partial charge is 0.481 e. The maximum atomic E-state index is 14.5. The number of carbonyl (C=O) groups is 2. The van der Waals surface area contributed by atoms with E-state index in [-0.39, 0.29) is 16.5 Å². The van der Waals surface area contributed by atoms with Crippen LogP contribution < -0.4 is 16.0 Å². The number of halogens is 2. The fourth-order valence-corrected chi connectivity index (χ4v) is 2.60. The number of benzene rings is 1. The number of methoxy groups -OCH3 is 1. The Bertz CT molecular complexity index is 1090. The molecule has 0 aliphatic carbocycles. The Labute approximate surface area is 175 Å². The maximum absolute atomic E-state index is 14.5. The first-order chi connectivity index (χ1) is 14.1. The summed E-state index contributed by atoms with van der Waals surface area (Å²) in [5, 5.41) is -0.164. The molecule has 0 N–H and O–H groups in total. The minimum absolute atomic E-state index is 0.114. The Morgan fingerprint density at radius 1 is 1.20 bits per heavy atom. The SMILES string of the molecule is COC(=O)COCC(=O)C(C)Oc1cc(-n2c(=O)cc(C)n(C)c2=O)c(F)cc1Cl. The molecule has 0 radical (unpaired) electrons. The van der Waals surface area contributed by atoms with Gasteiger partial charge in [0.1, 0.15) is 24.8 Å². The number of Topliss-reactive ketones (excluding diaryl/α,β-unsaturated/α-hetero) is 1. The normalized spacial score (nSPS) is 11.8. The molecule has 1 heterocycles. The van der Waals surface area contributed by atoms with Crippen LogP contribution in [0.5, 0.6) is 5.75 Å². The van der Waals surface area contributed by atoms with Crippen LogP contribution in [0.3, 0.4) is 0 Å². The molecule has 1 atom stereocenters. The smallest absolute Gasteiger partial charge is 0.335 e. The van der Waals surface area contributed by atoms with Gasteiger partial charge in [-0.25, -0.2) is 18.5 Å². The molecule has 2 rings (SSSR count). The van der Waals surface area contributed by atoms with E-state index in [1.54, 1.807) is 6.92 Å². The number of ketones is 1. The predicted octanol–water partition coefficient (Wildman–Crippen LogP) is 1.16. The van der Waals surface area contributed by atoms with E-state index in [0.29, 0.717) is 10.3 Å². The number of hydrogen-bond donors (Lipinski definition) is 0. The van der Waals surface area contributed by atoms with Crippen molar-refractivity contribution in [2.75, 3.05) is 20.3 Å². The quantitative estimate of drug-likeness (QED) is 0.565. The molecule has 30 heavy (non-hydrogen) atoms. The summed E-state index contributed by atoms with van der Waals surface area (Å²) in [6, 6.07) is 3.12. The first-order valence-electron chi connectivity index (χ1n) is 8.69. The molecule has 162 valence electrons. The lowest BCUT2D eigenvalue weighted by molar-refractivity contribution is -0.147. The van der Waals surface area contributed by atoms with E-state index in [0.717, 1.165) is 12.1 Å². The van der Waals surface area contributed by atoms with Gasteiger partial charge in [0.15, 0.2) is 11.9 Å². The van der Waals surface area contributed by atoms with Crippen molar-refractivity contribution < 1.29 is 28.2 Å². The van der Waals surface area contributed by atoms with E-state index in [2.05, 4.69) is 4.74 Å². The summed E-state index contributed by atoms with van der Waals surface area (Å²) >= 11 is 6.00. The Morgan fingerprint density at radius 3 is 2.50 bits per heavy atom. The van der Waals surface area contributed by atoms with Gasteiger partial charge in [0.05, 0.1) is 17.8 Å². The van der Waals surface area contributed by atoms with Gasteiger partial charge < -0.3 is 18.8 Å². The first kappa shape index (κ1) is 23.3. The number of ether oxygens (including phenoxy) is 3. The second kappa shape index (κ2) is 9.68. The summed E-state index contributed by atoms with van der Waals surface area (Å²) in [5.41, 5.74) is -1.46. The van der Waals surface area contributed by atoms with Crippen molar-refractivity contribution in [2.24, 2.45) is 7.05 Å². The molecule has 0 fully saturated rings. The molecule has 0 saturated carbocycles. The van der Waals surface area contributed by atoms with Crippen molar-refractivity contribution in [1.82, 2.24) is 9.13 Å². The summed E-state index contributed by atoms with van der Waals surface area (Å²) < 4.78 is 31.1. The third kappa shape index (κ3) is 5.14. The Balaban J connectivity index is 2.31. The highest BCUT2D eigenvalue weighted by Crippen LogP contribution is 2.29. The van der Waals surface area contributed by atoms with Crippen LogP contribution in [0.2, 0.25) is 5.02 Å². The molecular formula is C19H20ClFN2O7. The Morgan fingerprint density at radius 2 is 1.87 bits per heavy atom. The molecule has 1 aromatic carbocycles. The first-order valence-corrected chi connectivity index (χ1v) is 9.07. The molecule has 0 aliphatic rings. The van der Waals surface area contributed by atoms with E-state index in [9.17, 15) is 23.6 Å². The zero-order chi connectivity index (χ0) is 22.6. The molecule has 0 amide bonds. The molecule has 1 unspecified atom stereocenters. The van der Waals surface area contributed by atoms with E-state index in [4.69, 9.17) is 21.1 Å². The van der Waals surface area contributed by atoms with Crippen LogP contribution >= 0.6 is 11.6 Å². The van der Waals surface area contributed by atoms with E-state index in [1.165, 1.54) is 31.7 Å². The molecule has 9 nitrogen and oxygen atoms in total. The van der Waals surface area contributed by atoms with Crippen molar-refractivity contribution in [2.45, 2.75) is 20.0 Å². The summed E-state index contributed by atoms with van der Waals surface area (Å²) in [6.45, 7) is 2.13. The summed E-state index contributed by atoms with van der Waals surface area (Å²) in [7, 11) is 2.62. The number of esters is 1. The number of rotatable bonds is 8. The van der Waals surface area contributed by atoms with Gasteiger partial charge in [0.25, 0.3) is 5.56 Å². The molecule has 0 spiro atoms. The Kier molecular flexibility index (Phi) is 7.52. The van der Waals surface area contributed by atoms with Crippen LogP contribution in [0.25, 0.3) is 5.69 Å². The zero-order valence-electron chi connectivity index (χ0n) is 16.7. The van der Waals surface area contributed by atoms with Gasteiger partial charge in [-0.3, -0.25) is 9.59 Å². The van der Waals surface area contributed by atoms with Crippen molar-refractivity contribution in [3.05, 3.63) is 55.6 Å². The van der Waals surface area contributed by atoms with Gasteiger partial charge >= 0.3 is 11.7 Å². The monoisotopic (exact) mass is 442 g/mol. The van der Waals surface area contributed by atoms with Crippen LogP contribution in [0.1, 0.15) is 12.6 Å². The number of nitrogens with zero attached hydrogens (tertiary/aromatic N) is 2. The fourth-order valence-electron chi connectivity index (χ4n) is 2.40. The van der Waals surface area contributed by atoms with Crippen LogP contribution in [-0.4, -0.2) is 47.3 Å². The minimum atomic E-state index is -1.07. The lowest BCUT2D eigenvalue weighted by atomic mass is 10.2. The molecule has 11 heteroatoms. The molecule has 0 aliphatic heterocycles. The number of carbonyl (C=O) groups excluding carboxylic acids is 2. The highest BCUT2D eigenvalue weighted by atomic mass is 35.5. The van der Waals surface area contributed by atoms with Crippen LogP contribution in [0, 0.1) is 12.7 Å². The standard InChI is InChI=1S/C19H20ClFN2O7/c1-10-5-17(25)23(19(27)22(10)3)14-7-16(12(20)6-13(14)21)30-11(2)15(24)8-29-9-18(26)28-4/h5-7,11H,8-9H2,1-4H3. The summed E-state index contributed by atoms with van der Waals surface area (Å²) in [6.07, 6.45) is -1.07. The van der Waals surface area contributed by atoms with Gasteiger partial charge in [-0.1, -0.05) is 11.6 Å². The molecule has 2 aromatic rings. The Hall–Kier alpha value is -2.98. The van der Waals surface area contributed by atoms with Crippen molar-refractivity contribution >= 4 is 23.4 Å². The molecule has 0 bridgehead atoms. The van der Waals surface area contributed by atoms with Crippen LogP contribution in [-0.2, 0) is 26.1 Å². The van der Waals surface area contributed by atoms with Gasteiger partial charge in [-0.05, 0) is 19.9 Å². The zero-order valence-corrected chi connectivity index (χ0v) is 17.5. The lowest BCUT2D eigenvalue weighted by Gasteiger charge is -2.17. The van der Waals surface area contributed by atoms with Crippen LogP contribution in [0.4, 0.5) is 4.39 Å². The number of hydrogen-bond acceptors (Lipinski definition) is 7. The third-order valence-corrected chi connectivity index (χ3v) is 4.55. The van der Waals surface area contributed by atoms with E-state index in [1.807, 2.05) is 0 Å². The lowest BCUT2D eigenvalue weighted by Crippen LogP contribution is -2.38. The number of aromatic nitrogens is 2. The van der Waals surface area contributed by atoms with Crippen molar-refractivity contribution in [3.63, 3.8) is 0 Å². The van der Waals surface area contributed by atoms with Gasteiger partial charge in [-0.15, -0.1) is 0 Å². The van der Waals surface area contributed by atoms with Crippen LogP contribution in [0.15, 0.2) is 27.8 Å². The minimum Gasteiger partial charge on any atom is -0.481 e. The fraction of sp³-hybridized carbons (Fsp3) is 0.368. The number of aryl methyl sites for hydroxylation is 1. The molecule has 0 saturated heterocycles. The summed E-state index contributed by atoms with van der Waals surface area (Å²) in [5.74, 6) is -2.20. The highest BCUT2D eigenvalue weighted by molar-refractivity contribution is 6.32. The van der Waals surface area contributed by atoms with E-state index >= 15 is 0 Å². The van der Waals surface area contributed by atoms with Crippen molar-refractivity contribution in [3.8, 4) is 11.4 Å². The molecule has 1 aromatic heterocycles. The second-order valence-electron chi connectivity index (χ2n) is 6.33. The average Bonchev–Trinajstić information content (AvgIpc) is 2.69. The maximum Gasteiger partial charge on any atom is 0.335 e. The van der Waals surface area contributed by atoms with Crippen molar-refractivity contribution in [1.29, 1.82) is 0 Å². The van der Waals surface area contributed by atoms with Gasteiger partial charge in [-0.2, -0.15) is 0 Å². The van der Waals surface area contributed by atoms with E-state index < -0.39 is 48.1 Å². The second-order valence-corrected chi connectivity index (χ2v) is 6.74. The average molecular weight is 443 g/mol.